The number of nitrogens with zero attached hydrogens (tertiary/aromatic N) is 6. The molecule has 0 amide bonds. The van der Waals surface area contributed by atoms with E-state index in [2.05, 4.69) is 20.5 Å². The molecule has 4 aromatic rings. The number of benzene rings is 1. The third-order valence-corrected chi connectivity index (χ3v) is 9.06. The minimum Gasteiger partial charge on any atom is -0.481 e. The zero-order valence-corrected chi connectivity index (χ0v) is 23.9. The van der Waals surface area contributed by atoms with Gasteiger partial charge in [0.05, 0.1) is 54.2 Å². The molecule has 1 aliphatic carbocycles. The molecular formula is C32H32N6O5. The zero-order valence-electron chi connectivity index (χ0n) is 23.9. The van der Waals surface area contributed by atoms with Crippen molar-refractivity contribution in [1.29, 1.82) is 5.26 Å². The second-order valence-electron chi connectivity index (χ2n) is 11.6. The molecule has 0 bridgehead atoms. The van der Waals surface area contributed by atoms with Gasteiger partial charge in [-0.25, -0.2) is 19.7 Å². The lowest BCUT2D eigenvalue weighted by molar-refractivity contribution is -0.0592. The van der Waals surface area contributed by atoms with Gasteiger partial charge < -0.3 is 23.9 Å². The Bertz CT molecular complexity index is 1740. The topological polar surface area (TPSA) is 136 Å². The summed E-state index contributed by atoms with van der Waals surface area (Å²) in [5, 5.41) is 18.6. The fourth-order valence-corrected chi connectivity index (χ4v) is 6.48. The monoisotopic (exact) mass is 580 g/mol. The van der Waals surface area contributed by atoms with Crippen molar-refractivity contribution in [1.82, 2.24) is 24.4 Å². The summed E-state index contributed by atoms with van der Waals surface area (Å²) >= 11 is 0. The first-order valence-electron chi connectivity index (χ1n) is 14.6. The highest BCUT2D eigenvalue weighted by atomic mass is 16.5. The average molecular weight is 581 g/mol. The number of methoxy groups -OCH3 is 1. The molecule has 3 unspecified atom stereocenters. The SMILES string of the molecule is COc1nc(C#N)ccc1COc1cccc(C23CCN(Cc4nc5ccc(C(=O)O)cc5n4CC4CCO4)CC2C3)n1. The van der Waals surface area contributed by atoms with Crippen molar-refractivity contribution in [2.45, 2.75) is 50.5 Å². The molecule has 43 heavy (non-hydrogen) atoms. The molecule has 3 atom stereocenters. The summed E-state index contributed by atoms with van der Waals surface area (Å²) in [7, 11) is 1.53. The van der Waals surface area contributed by atoms with Crippen molar-refractivity contribution in [2.75, 3.05) is 26.8 Å². The minimum absolute atomic E-state index is 0.0554. The number of nitriles is 1. The molecule has 3 aromatic heterocycles. The predicted molar refractivity (Wildman–Crippen MR) is 155 cm³/mol. The minimum atomic E-state index is -0.939. The van der Waals surface area contributed by atoms with E-state index in [1.807, 2.05) is 18.2 Å². The molecule has 2 saturated heterocycles. The smallest absolute Gasteiger partial charge is 0.335 e. The van der Waals surface area contributed by atoms with E-state index >= 15 is 0 Å². The van der Waals surface area contributed by atoms with Gasteiger partial charge in [0.15, 0.2) is 0 Å². The van der Waals surface area contributed by atoms with Crippen LogP contribution < -0.4 is 9.47 Å². The van der Waals surface area contributed by atoms with E-state index < -0.39 is 5.97 Å². The van der Waals surface area contributed by atoms with E-state index in [-0.39, 0.29) is 23.7 Å². The number of pyridine rings is 2. The van der Waals surface area contributed by atoms with Crippen LogP contribution in [0.5, 0.6) is 11.8 Å². The fourth-order valence-electron chi connectivity index (χ4n) is 6.48. The van der Waals surface area contributed by atoms with Crippen molar-refractivity contribution in [3.8, 4) is 17.8 Å². The molecular weight excluding hydrogens is 548 g/mol. The van der Waals surface area contributed by atoms with Crippen LogP contribution in [0.2, 0.25) is 0 Å². The number of carbonyl (C=O) groups is 1. The summed E-state index contributed by atoms with van der Waals surface area (Å²) in [5.41, 5.74) is 4.09. The number of hydrogen-bond donors (Lipinski definition) is 1. The Morgan fingerprint density at radius 3 is 2.84 bits per heavy atom. The Morgan fingerprint density at radius 2 is 2.09 bits per heavy atom. The maximum atomic E-state index is 11.6. The number of hydrogen-bond acceptors (Lipinski definition) is 9. The lowest BCUT2D eigenvalue weighted by atomic mass is 9.91. The highest BCUT2D eigenvalue weighted by Gasteiger charge is 2.58. The van der Waals surface area contributed by atoms with Crippen LogP contribution in [0.4, 0.5) is 0 Å². The highest BCUT2D eigenvalue weighted by molar-refractivity contribution is 5.92. The molecule has 0 radical (unpaired) electrons. The summed E-state index contributed by atoms with van der Waals surface area (Å²) in [6.45, 7) is 4.25. The number of ether oxygens (including phenoxy) is 3. The number of likely N-dealkylation sites (tertiary alicyclic amines) is 1. The van der Waals surface area contributed by atoms with Crippen molar-refractivity contribution in [3.05, 3.63) is 76.9 Å². The number of fused-ring (bicyclic) bond motifs is 2. The summed E-state index contributed by atoms with van der Waals surface area (Å²) in [6, 6.07) is 16.6. The van der Waals surface area contributed by atoms with Gasteiger partial charge in [0.1, 0.15) is 24.2 Å². The standard InChI is InChI=1S/C32H32N6O5/c1-41-30-21(5-7-23(15-33)34-30)19-43-29-4-2-3-27(36-29)32-10-11-37(16-22(32)14-32)18-28-35-25-8-6-20(31(39)40)13-26(25)38(28)17-24-9-12-42-24/h2-8,13,22,24H,9-12,14,16-19H2,1H3,(H,39,40). The molecule has 3 fully saturated rings. The molecule has 2 aliphatic heterocycles. The van der Waals surface area contributed by atoms with E-state index in [0.717, 1.165) is 67.1 Å². The van der Waals surface area contributed by atoms with Crippen LogP contribution >= 0.6 is 0 Å². The number of aromatic nitrogens is 4. The number of carboxylic acid groups (broad SMARTS) is 1. The summed E-state index contributed by atoms with van der Waals surface area (Å²) in [6.07, 6.45) is 3.22. The van der Waals surface area contributed by atoms with Crippen molar-refractivity contribution >= 4 is 17.0 Å². The summed E-state index contributed by atoms with van der Waals surface area (Å²) < 4.78 is 19.2. The van der Waals surface area contributed by atoms with E-state index in [1.165, 1.54) is 7.11 Å². The third-order valence-electron chi connectivity index (χ3n) is 9.06. The number of carboxylic acids is 1. The Morgan fingerprint density at radius 1 is 1.21 bits per heavy atom. The lowest BCUT2D eigenvalue weighted by Gasteiger charge is -2.32. The van der Waals surface area contributed by atoms with Crippen LogP contribution in [0.3, 0.4) is 0 Å². The number of piperidine rings is 1. The Labute approximate surface area is 248 Å². The Hall–Kier alpha value is -4.53. The van der Waals surface area contributed by atoms with Gasteiger partial charge in [-0.3, -0.25) is 4.90 Å². The normalized spacial score (nSPS) is 22.8. The Kier molecular flexibility index (Phi) is 6.95. The second-order valence-corrected chi connectivity index (χ2v) is 11.6. The largest absolute Gasteiger partial charge is 0.481 e. The van der Waals surface area contributed by atoms with Crippen LogP contribution in [-0.2, 0) is 29.8 Å². The maximum Gasteiger partial charge on any atom is 0.335 e. The van der Waals surface area contributed by atoms with E-state index in [0.29, 0.717) is 36.5 Å². The molecule has 11 nitrogen and oxygen atoms in total. The molecule has 220 valence electrons. The summed E-state index contributed by atoms with van der Waals surface area (Å²) in [4.78, 5) is 28.1. The van der Waals surface area contributed by atoms with Crippen molar-refractivity contribution in [3.63, 3.8) is 0 Å². The van der Waals surface area contributed by atoms with E-state index in [9.17, 15) is 9.90 Å². The van der Waals surface area contributed by atoms with Gasteiger partial charge in [0, 0.05) is 24.6 Å². The number of aromatic carboxylic acids is 1. The van der Waals surface area contributed by atoms with Crippen LogP contribution in [0.15, 0.2) is 48.5 Å². The Balaban J connectivity index is 1.04. The van der Waals surface area contributed by atoms with Crippen LogP contribution in [0.25, 0.3) is 11.0 Å². The zero-order chi connectivity index (χ0) is 29.6. The summed E-state index contributed by atoms with van der Waals surface area (Å²) in [5.74, 6) is 1.44. The third kappa shape index (κ3) is 5.17. The van der Waals surface area contributed by atoms with Gasteiger partial charge in [-0.15, -0.1) is 0 Å². The van der Waals surface area contributed by atoms with E-state index in [4.69, 9.17) is 29.4 Å². The molecule has 1 aromatic carbocycles. The average Bonchev–Trinajstić information content (AvgIpc) is 3.65. The van der Waals surface area contributed by atoms with E-state index in [1.54, 1.807) is 30.3 Å². The lowest BCUT2D eigenvalue weighted by Crippen LogP contribution is -2.37. The molecule has 3 aliphatic rings. The van der Waals surface area contributed by atoms with Gasteiger partial charge in [-0.1, -0.05) is 6.07 Å². The quantitative estimate of drug-likeness (QED) is 0.294. The second kappa shape index (κ2) is 10.9. The van der Waals surface area contributed by atoms with Crippen LogP contribution in [0, 0.1) is 17.2 Å². The molecule has 1 N–H and O–H groups in total. The molecule has 7 rings (SSSR count). The highest BCUT2D eigenvalue weighted by Crippen LogP contribution is 2.59. The maximum absolute atomic E-state index is 11.6. The predicted octanol–water partition coefficient (Wildman–Crippen LogP) is 3.94. The molecule has 1 saturated carbocycles. The molecule has 11 heteroatoms. The van der Waals surface area contributed by atoms with Crippen molar-refractivity contribution in [2.24, 2.45) is 5.92 Å². The van der Waals surface area contributed by atoms with Crippen LogP contribution in [0.1, 0.15) is 52.4 Å². The van der Waals surface area contributed by atoms with Gasteiger partial charge in [0.2, 0.25) is 11.8 Å². The molecule has 0 spiro atoms. The van der Waals surface area contributed by atoms with Crippen LogP contribution in [-0.4, -0.2) is 68.4 Å². The van der Waals surface area contributed by atoms with Crippen molar-refractivity contribution < 1.29 is 24.1 Å². The number of rotatable bonds is 10. The molecule has 5 heterocycles. The first kappa shape index (κ1) is 27.3. The first-order chi connectivity index (χ1) is 21.0. The van der Waals surface area contributed by atoms with Gasteiger partial charge >= 0.3 is 5.97 Å². The number of imidazole rings is 1. The fraction of sp³-hybridized carbons (Fsp3) is 0.406. The van der Waals surface area contributed by atoms with Gasteiger partial charge in [-0.2, -0.15) is 5.26 Å². The van der Waals surface area contributed by atoms with Gasteiger partial charge in [-0.05, 0) is 68.1 Å². The first-order valence-corrected chi connectivity index (χ1v) is 14.6. The van der Waals surface area contributed by atoms with Gasteiger partial charge in [0.25, 0.3) is 0 Å².